The van der Waals surface area contributed by atoms with Crippen molar-refractivity contribution >= 4 is 16.5 Å². The molecule has 4 nitrogen and oxygen atoms in total. The molecule has 2 bridgehead atoms. The Balaban J connectivity index is 1.46. The quantitative estimate of drug-likeness (QED) is 0.749. The minimum absolute atomic E-state index is 0.751. The van der Waals surface area contributed by atoms with E-state index in [-0.39, 0.29) is 0 Å². The molecule has 1 heterocycles. The van der Waals surface area contributed by atoms with Crippen molar-refractivity contribution in [3.63, 3.8) is 0 Å². The maximum Gasteiger partial charge on any atom is 0.185 e. The molecule has 118 valence electrons. The third-order valence-electron chi connectivity index (χ3n) is 5.05. The minimum atomic E-state index is 0.751. The van der Waals surface area contributed by atoms with E-state index in [9.17, 15) is 0 Å². The van der Waals surface area contributed by atoms with Gasteiger partial charge in [0.1, 0.15) is 0 Å². The molecule has 0 spiro atoms. The molecule has 1 aromatic heterocycles. The molecule has 0 aliphatic heterocycles. The molecule has 2 saturated carbocycles. The maximum atomic E-state index is 5.03. The molecule has 5 heteroatoms. The molecule has 0 aromatic carbocycles. The van der Waals surface area contributed by atoms with Crippen LogP contribution in [0.1, 0.15) is 31.4 Å². The number of rotatable bonds is 8. The topological polar surface area (TPSA) is 37.4 Å². The standard InChI is InChI=1S/C16H27N3OS/c1-19(10-14-8-12-3-4-13(14)7-12)16-18-15(11-21-16)9-17-5-6-20-2/h11-14,17H,3-10H2,1-2H3. The van der Waals surface area contributed by atoms with Crippen molar-refractivity contribution < 1.29 is 4.74 Å². The van der Waals surface area contributed by atoms with Crippen LogP contribution in [0.25, 0.3) is 0 Å². The van der Waals surface area contributed by atoms with Gasteiger partial charge < -0.3 is 15.0 Å². The Morgan fingerprint density at radius 2 is 2.33 bits per heavy atom. The van der Waals surface area contributed by atoms with Crippen LogP contribution < -0.4 is 10.2 Å². The highest BCUT2D eigenvalue weighted by molar-refractivity contribution is 7.13. The van der Waals surface area contributed by atoms with Gasteiger partial charge >= 0.3 is 0 Å². The lowest BCUT2D eigenvalue weighted by atomic mass is 9.88. The first kappa shape index (κ1) is 15.3. The number of hydrogen-bond donors (Lipinski definition) is 1. The van der Waals surface area contributed by atoms with Gasteiger partial charge in [-0.05, 0) is 37.0 Å². The molecule has 2 fully saturated rings. The monoisotopic (exact) mass is 309 g/mol. The van der Waals surface area contributed by atoms with Crippen LogP contribution in [0.3, 0.4) is 0 Å². The van der Waals surface area contributed by atoms with Crippen LogP contribution in [0.2, 0.25) is 0 Å². The van der Waals surface area contributed by atoms with E-state index in [1.54, 1.807) is 18.4 Å². The average Bonchev–Trinajstić information content (AvgIpc) is 3.19. The fourth-order valence-electron chi connectivity index (χ4n) is 3.97. The molecule has 0 radical (unpaired) electrons. The normalized spacial score (nSPS) is 27.4. The first-order chi connectivity index (χ1) is 10.3. The molecule has 2 aliphatic carbocycles. The van der Waals surface area contributed by atoms with Gasteiger partial charge in [0.25, 0.3) is 0 Å². The van der Waals surface area contributed by atoms with Gasteiger partial charge in [0.05, 0.1) is 12.3 Å². The van der Waals surface area contributed by atoms with Crippen molar-refractivity contribution in [1.29, 1.82) is 0 Å². The van der Waals surface area contributed by atoms with Gasteiger partial charge in [0.15, 0.2) is 5.13 Å². The Kier molecular flexibility index (Phi) is 5.14. The highest BCUT2D eigenvalue weighted by Gasteiger charge is 2.39. The number of nitrogens with zero attached hydrogens (tertiary/aromatic N) is 2. The van der Waals surface area contributed by atoms with Crippen LogP contribution >= 0.6 is 11.3 Å². The molecule has 0 amide bonds. The van der Waals surface area contributed by atoms with Gasteiger partial charge in [-0.1, -0.05) is 6.42 Å². The number of aromatic nitrogens is 1. The summed E-state index contributed by atoms with van der Waals surface area (Å²) in [6.45, 7) is 3.65. The van der Waals surface area contributed by atoms with E-state index >= 15 is 0 Å². The van der Waals surface area contributed by atoms with Crippen molar-refractivity contribution in [2.45, 2.75) is 32.2 Å². The number of anilines is 1. The fraction of sp³-hybridized carbons (Fsp3) is 0.812. The molecule has 3 atom stereocenters. The summed E-state index contributed by atoms with van der Waals surface area (Å²) in [5, 5.41) is 6.69. The average molecular weight is 309 g/mol. The van der Waals surface area contributed by atoms with Crippen molar-refractivity contribution in [3.8, 4) is 0 Å². The Labute approximate surface area is 131 Å². The maximum absolute atomic E-state index is 5.03. The van der Waals surface area contributed by atoms with Crippen molar-refractivity contribution in [2.24, 2.45) is 17.8 Å². The molecule has 21 heavy (non-hydrogen) atoms. The highest BCUT2D eigenvalue weighted by atomic mass is 32.1. The van der Waals surface area contributed by atoms with Crippen LogP contribution in [0.15, 0.2) is 5.38 Å². The summed E-state index contributed by atoms with van der Waals surface area (Å²) in [4.78, 5) is 7.12. The third-order valence-corrected chi connectivity index (χ3v) is 6.05. The molecule has 3 unspecified atom stereocenters. The number of nitrogens with one attached hydrogen (secondary N) is 1. The summed E-state index contributed by atoms with van der Waals surface area (Å²) in [6.07, 6.45) is 5.89. The van der Waals surface area contributed by atoms with E-state index < -0.39 is 0 Å². The molecular formula is C16H27N3OS. The zero-order valence-electron chi connectivity index (χ0n) is 13.2. The third kappa shape index (κ3) is 3.76. The van der Waals surface area contributed by atoms with Crippen LogP contribution in [0.4, 0.5) is 5.13 Å². The second kappa shape index (κ2) is 7.07. The van der Waals surface area contributed by atoms with E-state index in [4.69, 9.17) is 9.72 Å². The lowest BCUT2D eigenvalue weighted by molar-refractivity contribution is 0.199. The molecule has 1 N–H and O–H groups in total. The number of methoxy groups -OCH3 is 1. The Hall–Kier alpha value is -0.650. The molecular weight excluding hydrogens is 282 g/mol. The predicted octanol–water partition coefficient (Wildman–Crippen LogP) is 2.75. The second-order valence-corrected chi connectivity index (χ2v) is 7.44. The van der Waals surface area contributed by atoms with Gasteiger partial charge in [0.2, 0.25) is 0 Å². The fourth-order valence-corrected chi connectivity index (χ4v) is 4.78. The number of hydrogen-bond acceptors (Lipinski definition) is 5. The smallest absolute Gasteiger partial charge is 0.185 e. The van der Waals surface area contributed by atoms with E-state index in [1.807, 2.05) is 0 Å². The summed E-state index contributed by atoms with van der Waals surface area (Å²) in [6, 6.07) is 0. The van der Waals surface area contributed by atoms with E-state index in [2.05, 4.69) is 22.6 Å². The Morgan fingerprint density at radius 1 is 1.43 bits per heavy atom. The zero-order chi connectivity index (χ0) is 14.7. The zero-order valence-corrected chi connectivity index (χ0v) is 14.0. The summed E-state index contributed by atoms with van der Waals surface area (Å²) in [7, 11) is 3.93. The van der Waals surface area contributed by atoms with Gasteiger partial charge in [-0.25, -0.2) is 4.98 Å². The van der Waals surface area contributed by atoms with Gasteiger partial charge in [-0.2, -0.15) is 0 Å². The number of fused-ring (bicyclic) bond motifs is 2. The summed E-state index contributed by atoms with van der Waals surface area (Å²) in [5.74, 6) is 2.93. The van der Waals surface area contributed by atoms with Gasteiger partial charge in [0, 0.05) is 39.2 Å². The highest BCUT2D eigenvalue weighted by Crippen LogP contribution is 2.48. The first-order valence-corrected chi connectivity index (χ1v) is 8.99. The summed E-state index contributed by atoms with van der Waals surface area (Å²) < 4.78 is 5.03. The van der Waals surface area contributed by atoms with Gasteiger partial charge in [-0.3, -0.25) is 0 Å². The molecule has 2 aliphatic rings. The molecule has 3 rings (SSSR count). The van der Waals surface area contributed by atoms with Crippen LogP contribution in [-0.4, -0.2) is 38.8 Å². The van der Waals surface area contributed by atoms with Crippen molar-refractivity contribution in [3.05, 3.63) is 11.1 Å². The van der Waals surface area contributed by atoms with Crippen LogP contribution in [-0.2, 0) is 11.3 Å². The SMILES string of the molecule is COCCNCc1csc(N(C)CC2CC3CCC2C3)n1. The lowest BCUT2D eigenvalue weighted by Crippen LogP contribution is -2.28. The number of thiazole rings is 1. The Bertz CT molecular complexity index is 450. The summed E-state index contributed by atoms with van der Waals surface area (Å²) >= 11 is 1.77. The number of ether oxygens (including phenoxy) is 1. The van der Waals surface area contributed by atoms with E-state index in [0.717, 1.165) is 43.1 Å². The second-order valence-electron chi connectivity index (χ2n) is 6.61. The predicted molar refractivity (Wildman–Crippen MR) is 87.9 cm³/mol. The first-order valence-electron chi connectivity index (χ1n) is 8.11. The van der Waals surface area contributed by atoms with Crippen LogP contribution in [0, 0.1) is 17.8 Å². The molecule has 1 aromatic rings. The Morgan fingerprint density at radius 3 is 3.05 bits per heavy atom. The van der Waals surface area contributed by atoms with E-state index in [1.165, 1.54) is 37.4 Å². The minimum Gasteiger partial charge on any atom is -0.383 e. The largest absolute Gasteiger partial charge is 0.383 e. The van der Waals surface area contributed by atoms with E-state index in [0.29, 0.717) is 0 Å². The molecule has 0 saturated heterocycles. The summed E-state index contributed by atoms with van der Waals surface area (Å²) in [5.41, 5.74) is 1.14. The lowest BCUT2D eigenvalue weighted by Gasteiger charge is -2.26. The van der Waals surface area contributed by atoms with Crippen molar-refractivity contribution in [1.82, 2.24) is 10.3 Å². The van der Waals surface area contributed by atoms with Gasteiger partial charge in [-0.15, -0.1) is 11.3 Å². The van der Waals surface area contributed by atoms with Crippen LogP contribution in [0.5, 0.6) is 0 Å². The van der Waals surface area contributed by atoms with Crippen molar-refractivity contribution in [2.75, 3.05) is 38.8 Å².